The second kappa shape index (κ2) is 8.48. The summed E-state index contributed by atoms with van der Waals surface area (Å²) in [4.78, 5) is 19.3. The number of nitrogens with zero attached hydrogens (tertiary/aromatic N) is 2. The van der Waals surface area contributed by atoms with Gasteiger partial charge < -0.3 is 0 Å². The Balaban J connectivity index is 1.51. The number of fused-ring (bicyclic) bond motifs is 2. The molecule has 0 radical (unpaired) electrons. The van der Waals surface area contributed by atoms with Crippen molar-refractivity contribution < 1.29 is 13.6 Å². The molecule has 0 aliphatic heterocycles. The number of carbonyl (C=O) groups is 1. The maximum atomic E-state index is 14.2. The molecule has 0 unspecified atom stereocenters. The van der Waals surface area contributed by atoms with E-state index in [1.54, 1.807) is 4.90 Å². The fourth-order valence-corrected chi connectivity index (χ4v) is 4.73. The van der Waals surface area contributed by atoms with Gasteiger partial charge in [0.2, 0.25) is 5.91 Å². The van der Waals surface area contributed by atoms with E-state index in [1.165, 1.54) is 6.07 Å². The van der Waals surface area contributed by atoms with Crippen molar-refractivity contribution in [2.45, 2.75) is 13.0 Å². The molecule has 158 valence electrons. The third-order valence-electron chi connectivity index (χ3n) is 5.29. The van der Waals surface area contributed by atoms with Gasteiger partial charge in [-0.2, -0.15) is 0 Å². The van der Waals surface area contributed by atoms with E-state index in [1.807, 2.05) is 72.8 Å². The third kappa shape index (κ3) is 4.09. The van der Waals surface area contributed by atoms with Gasteiger partial charge in [0, 0.05) is 6.07 Å². The predicted molar refractivity (Wildman–Crippen MR) is 125 cm³/mol. The van der Waals surface area contributed by atoms with Crippen LogP contribution in [0.25, 0.3) is 21.0 Å². The number of benzene rings is 4. The molecule has 6 heteroatoms. The van der Waals surface area contributed by atoms with Gasteiger partial charge in [-0.25, -0.2) is 13.8 Å². The van der Waals surface area contributed by atoms with E-state index in [2.05, 4.69) is 4.98 Å². The minimum absolute atomic E-state index is 0.0722. The maximum Gasteiger partial charge on any atom is 0.233 e. The van der Waals surface area contributed by atoms with Gasteiger partial charge in [0.15, 0.2) is 10.9 Å². The van der Waals surface area contributed by atoms with Gasteiger partial charge in [-0.1, -0.05) is 84.1 Å². The van der Waals surface area contributed by atoms with Crippen LogP contribution in [-0.4, -0.2) is 10.9 Å². The van der Waals surface area contributed by atoms with Crippen LogP contribution in [0.4, 0.5) is 13.9 Å². The summed E-state index contributed by atoms with van der Waals surface area (Å²) in [7, 11) is 0. The zero-order valence-corrected chi connectivity index (χ0v) is 17.8. The molecule has 1 heterocycles. The average molecular weight is 445 g/mol. The standard InChI is InChI=1S/C26H18F2N2OS/c27-21-14-22(28)25-23(15-21)32-26(29-25)30(16-17-6-2-1-3-7-17)24(31)13-18-10-11-19-8-4-5-9-20(19)12-18/h1-12,14-15H,13,16H2. The Morgan fingerprint density at radius 3 is 2.41 bits per heavy atom. The maximum absolute atomic E-state index is 14.2. The Labute approximate surface area is 187 Å². The molecular weight excluding hydrogens is 426 g/mol. The highest BCUT2D eigenvalue weighted by atomic mass is 32.1. The molecule has 0 fully saturated rings. The van der Waals surface area contributed by atoms with Crippen molar-refractivity contribution in [3.63, 3.8) is 0 Å². The van der Waals surface area contributed by atoms with E-state index in [4.69, 9.17) is 0 Å². The van der Waals surface area contributed by atoms with E-state index in [-0.39, 0.29) is 24.4 Å². The lowest BCUT2D eigenvalue weighted by Gasteiger charge is -2.20. The van der Waals surface area contributed by atoms with Crippen molar-refractivity contribution in [1.29, 1.82) is 0 Å². The number of aromatic nitrogens is 1. The number of hydrogen-bond donors (Lipinski definition) is 0. The van der Waals surface area contributed by atoms with Gasteiger partial charge in [-0.05, 0) is 28.0 Å². The van der Waals surface area contributed by atoms with E-state index >= 15 is 0 Å². The van der Waals surface area contributed by atoms with Crippen molar-refractivity contribution >= 4 is 43.4 Å². The van der Waals surface area contributed by atoms with Crippen molar-refractivity contribution in [3.05, 3.63) is 108 Å². The van der Waals surface area contributed by atoms with Crippen molar-refractivity contribution in [1.82, 2.24) is 4.98 Å². The fraction of sp³-hybridized carbons (Fsp3) is 0.0769. The highest BCUT2D eigenvalue weighted by molar-refractivity contribution is 7.22. The first-order chi connectivity index (χ1) is 15.6. The lowest BCUT2D eigenvalue weighted by atomic mass is 10.0. The second-order valence-electron chi connectivity index (χ2n) is 7.55. The monoisotopic (exact) mass is 444 g/mol. The third-order valence-corrected chi connectivity index (χ3v) is 6.31. The summed E-state index contributed by atoms with van der Waals surface area (Å²) in [6.45, 7) is 0.289. The average Bonchev–Trinajstić information content (AvgIpc) is 3.22. The molecule has 1 aromatic heterocycles. The molecule has 0 bridgehead atoms. The second-order valence-corrected chi connectivity index (χ2v) is 8.56. The fourth-order valence-electron chi connectivity index (χ4n) is 3.71. The molecule has 5 aromatic rings. The van der Waals surface area contributed by atoms with Crippen LogP contribution in [-0.2, 0) is 17.8 Å². The number of rotatable bonds is 5. The zero-order valence-electron chi connectivity index (χ0n) is 17.0. The highest BCUT2D eigenvalue weighted by Crippen LogP contribution is 2.32. The highest BCUT2D eigenvalue weighted by Gasteiger charge is 2.22. The largest absolute Gasteiger partial charge is 0.283 e. The topological polar surface area (TPSA) is 33.2 Å². The Hall–Kier alpha value is -3.64. The Morgan fingerprint density at radius 1 is 0.844 bits per heavy atom. The molecular formula is C26H18F2N2OS. The molecule has 4 aromatic carbocycles. The van der Waals surface area contributed by atoms with Crippen LogP contribution in [0, 0.1) is 11.6 Å². The van der Waals surface area contributed by atoms with Crippen molar-refractivity contribution in [3.8, 4) is 0 Å². The van der Waals surface area contributed by atoms with Crippen molar-refractivity contribution in [2.75, 3.05) is 4.90 Å². The van der Waals surface area contributed by atoms with Crippen LogP contribution in [0.15, 0.2) is 84.9 Å². The molecule has 0 saturated carbocycles. The number of halogens is 2. The van der Waals surface area contributed by atoms with Gasteiger partial charge in [-0.3, -0.25) is 9.69 Å². The minimum Gasteiger partial charge on any atom is -0.283 e. The smallest absolute Gasteiger partial charge is 0.233 e. The van der Waals surface area contributed by atoms with E-state index < -0.39 is 11.6 Å². The summed E-state index contributed by atoms with van der Waals surface area (Å²) in [5.41, 5.74) is 1.87. The molecule has 0 spiro atoms. The van der Waals surface area contributed by atoms with Crippen LogP contribution in [0.2, 0.25) is 0 Å². The molecule has 0 saturated heterocycles. The predicted octanol–water partition coefficient (Wildman–Crippen LogP) is 6.50. The first kappa shape index (κ1) is 20.3. The van der Waals surface area contributed by atoms with Crippen LogP contribution in [0.5, 0.6) is 0 Å². The van der Waals surface area contributed by atoms with E-state index in [9.17, 15) is 13.6 Å². The summed E-state index contributed by atoms with van der Waals surface area (Å²) < 4.78 is 28.3. The Kier molecular flexibility index (Phi) is 5.37. The van der Waals surface area contributed by atoms with Crippen LogP contribution >= 0.6 is 11.3 Å². The van der Waals surface area contributed by atoms with Crippen LogP contribution in [0.1, 0.15) is 11.1 Å². The van der Waals surface area contributed by atoms with Gasteiger partial charge in [0.1, 0.15) is 11.3 Å². The van der Waals surface area contributed by atoms with Crippen molar-refractivity contribution in [2.24, 2.45) is 0 Å². The molecule has 1 amide bonds. The first-order valence-electron chi connectivity index (χ1n) is 10.1. The molecule has 0 aliphatic rings. The summed E-state index contributed by atoms with van der Waals surface area (Å²) >= 11 is 1.11. The summed E-state index contributed by atoms with van der Waals surface area (Å²) in [5.74, 6) is -1.56. The van der Waals surface area contributed by atoms with Crippen LogP contribution < -0.4 is 4.90 Å². The molecule has 0 aliphatic carbocycles. The molecule has 5 rings (SSSR count). The summed E-state index contributed by atoms with van der Waals surface area (Å²) in [6, 6.07) is 25.5. The normalized spacial score (nSPS) is 11.2. The molecule has 0 atom stereocenters. The van der Waals surface area contributed by atoms with E-state index in [0.29, 0.717) is 9.83 Å². The quantitative estimate of drug-likeness (QED) is 0.310. The Bertz CT molecular complexity index is 1430. The van der Waals surface area contributed by atoms with Gasteiger partial charge >= 0.3 is 0 Å². The van der Waals surface area contributed by atoms with Gasteiger partial charge in [0.25, 0.3) is 0 Å². The number of anilines is 1. The van der Waals surface area contributed by atoms with Gasteiger partial charge in [0.05, 0.1) is 17.7 Å². The van der Waals surface area contributed by atoms with E-state index in [0.717, 1.165) is 39.3 Å². The lowest BCUT2D eigenvalue weighted by Crippen LogP contribution is -2.31. The summed E-state index contributed by atoms with van der Waals surface area (Å²) in [5, 5.41) is 2.51. The van der Waals surface area contributed by atoms with Crippen LogP contribution in [0.3, 0.4) is 0 Å². The number of hydrogen-bond acceptors (Lipinski definition) is 3. The zero-order chi connectivity index (χ0) is 22.1. The minimum atomic E-state index is -0.732. The number of carbonyl (C=O) groups excluding carboxylic acids is 1. The number of thiazole rings is 1. The summed E-state index contributed by atoms with van der Waals surface area (Å²) in [6.07, 6.45) is 0.171. The van der Waals surface area contributed by atoms with Gasteiger partial charge in [-0.15, -0.1) is 0 Å². The molecule has 32 heavy (non-hydrogen) atoms. The number of amides is 1. The first-order valence-corrected chi connectivity index (χ1v) is 11.0. The molecule has 0 N–H and O–H groups in total. The Morgan fingerprint density at radius 2 is 1.59 bits per heavy atom. The lowest BCUT2D eigenvalue weighted by molar-refractivity contribution is -0.118. The SMILES string of the molecule is O=C(Cc1ccc2ccccc2c1)N(Cc1ccccc1)c1nc2c(F)cc(F)cc2s1. The molecule has 3 nitrogen and oxygen atoms in total.